The fourth-order valence-corrected chi connectivity index (χ4v) is 6.66. The molecule has 1 saturated heterocycles. The molecular weight excluding hydrogens is 440 g/mol. The summed E-state index contributed by atoms with van der Waals surface area (Å²) in [5, 5.41) is 1.57. The largest absolute Gasteiger partial charge is 0.485 e. The van der Waals surface area contributed by atoms with Gasteiger partial charge >= 0.3 is 0 Å². The fraction of sp³-hybridized carbons (Fsp3) is 0.353. The highest BCUT2D eigenvalue weighted by molar-refractivity contribution is 7.90. The number of thiophene rings is 1. The summed E-state index contributed by atoms with van der Waals surface area (Å²) in [6, 6.07) is 4.98. The molecule has 1 aromatic heterocycles. The summed E-state index contributed by atoms with van der Waals surface area (Å²) in [6.45, 7) is 1.41. The van der Waals surface area contributed by atoms with E-state index in [1.807, 2.05) is 4.72 Å². The van der Waals surface area contributed by atoms with Crippen LogP contribution in [0.5, 0.6) is 11.5 Å². The number of hydrogen-bond donors (Lipinski definition) is 1. The SMILES string of the molecule is O=C(NS(=O)(=O)c1cccc(S(=O)(=O)N2CCCC2)c1)c1scc2c1OCCO2. The van der Waals surface area contributed by atoms with E-state index in [1.54, 1.807) is 5.38 Å². The van der Waals surface area contributed by atoms with Gasteiger partial charge in [-0.3, -0.25) is 4.79 Å². The van der Waals surface area contributed by atoms with E-state index in [2.05, 4.69) is 0 Å². The molecule has 9 nitrogen and oxygen atoms in total. The van der Waals surface area contributed by atoms with Crippen molar-refractivity contribution < 1.29 is 31.1 Å². The molecule has 2 aliphatic rings. The molecule has 0 bridgehead atoms. The summed E-state index contributed by atoms with van der Waals surface area (Å²) >= 11 is 1.00. The molecule has 3 heterocycles. The van der Waals surface area contributed by atoms with Crippen LogP contribution in [0.3, 0.4) is 0 Å². The number of nitrogens with one attached hydrogen (secondary N) is 1. The van der Waals surface area contributed by atoms with Crippen molar-refractivity contribution in [1.29, 1.82) is 0 Å². The normalized spacial score (nSPS) is 17.2. The van der Waals surface area contributed by atoms with Crippen molar-refractivity contribution in [3.8, 4) is 11.5 Å². The standard InChI is InChI=1S/C17H18N2O7S3/c20-17(16-15-14(11-27-16)25-8-9-26-15)18-28(21,22)12-4-3-5-13(10-12)29(23,24)19-6-1-2-7-19/h3-5,10-11H,1-2,6-9H2,(H,18,20). The third-order valence-corrected chi connectivity index (χ3v) is 8.71. The van der Waals surface area contributed by atoms with Gasteiger partial charge in [0.2, 0.25) is 10.0 Å². The highest BCUT2D eigenvalue weighted by Crippen LogP contribution is 2.39. The summed E-state index contributed by atoms with van der Waals surface area (Å²) in [7, 11) is -8.07. The van der Waals surface area contributed by atoms with Crippen LogP contribution in [-0.2, 0) is 20.0 Å². The Balaban J connectivity index is 1.59. The predicted molar refractivity (Wildman–Crippen MR) is 104 cm³/mol. The van der Waals surface area contributed by atoms with E-state index < -0.39 is 26.0 Å². The Morgan fingerprint density at radius 3 is 2.48 bits per heavy atom. The molecule has 12 heteroatoms. The Bertz CT molecular complexity index is 1150. The number of hydrogen-bond acceptors (Lipinski definition) is 8. The van der Waals surface area contributed by atoms with E-state index >= 15 is 0 Å². The number of carbonyl (C=O) groups excluding carboxylic acids is 1. The van der Waals surface area contributed by atoms with Crippen LogP contribution in [0.1, 0.15) is 22.5 Å². The molecule has 1 fully saturated rings. The lowest BCUT2D eigenvalue weighted by molar-refractivity contribution is 0.0976. The van der Waals surface area contributed by atoms with Crippen molar-refractivity contribution in [2.75, 3.05) is 26.3 Å². The summed E-state index contributed by atoms with van der Waals surface area (Å²) in [5.74, 6) is -0.267. The van der Waals surface area contributed by atoms with Gasteiger partial charge in [0.1, 0.15) is 18.1 Å². The van der Waals surface area contributed by atoms with Gasteiger partial charge in [-0.1, -0.05) is 6.07 Å². The molecule has 156 valence electrons. The molecule has 1 N–H and O–H groups in total. The van der Waals surface area contributed by atoms with Crippen molar-refractivity contribution in [3.05, 3.63) is 34.5 Å². The smallest absolute Gasteiger partial charge is 0.279 e. The lowest BCUT2D eigenvalue weighted by Crippen LogP contribution is -2.31. The van der Waals surface area contributed by atoms with Crippen LogP contribution in [0.15, 0.2) is 39.4 Å². The Kier molecular flexibility index (Phi) is 5.27. The molecule has 0 radical (unpaired) electrons. The second-order valence-electron chi connectivity index (χ2n) is 6.48. The number of rotatable bonds is 5. The van der Waals surface area contributed by atoms with Crippen molar-refractivity contribution in [2.24, 2.45) is 0 Å². The maximum absolute atomic E-state index is 12.7. The molecule has 0 saturated carbocycles. The number of benzene rings is 1. The van der Waals surface area contributed by atoms with Gasteiger partial charge in [0.15, 0.2) is 11.5 Å². The van der Waals surface area contributed by atoms with Gasteiger partial charge in [-0.2, -0.15) is 4.31 Å². The monoisotopic (exact) mass is 458 g/mol. The number of nitrogens with zero attached hydrogens (tertiary/aromatic N) is 1. The number of amides is 1. The summed E-state index contributed by atoms with van der Waals surface area (Å²) in [4.78, 5) is 12.2. The molecular formula is C17H18N2O7S3. The Morgan fingerprint density at radius 1 is 1.03 bits per heavy atom. The zero-order valence-corrected chi connectivity index (χ0v) is 17.6. The second-order valence-corrected chi connectivity index (χ2v) is 11.0. The van der Waals surface area contributed by atoms with Crippen LogP contribution in [0.2, 0.25) is 0 Å². The van der Waals surface area contributed by atoms with E-state index in [1.165, 1.54) is 22.5 Å². The zero-order valence-electron chi connectivity index (χ0n) is 15.2. The van der Waals surface area contributed by atoms with Crippen LogP contribution < -0.4 is 14.2 Å². The van der Waals surface area contributed by atoms with Crippen molar-refractivity contribution in [3.63, 3.8) is 0 Å². The lowest BCUT2D eigenvalue weighted by atomic mass is 10.4. The average molecular weight is 459 g/mol. The van der Waals surface area contributed by atoms with Gasteiger partial charge in [0.05, 0.1) is 9.79 Å². The molecule has 0 atom stereocenters. The first kappa shape index (κ1) is 20.1. The van der Waals surface area contributed by atoms with Gasteiger partial charge in [0, 0.05) is 18.5 Å². The molecule has 29 heavy (non-hydrogen) atoms. The fourth-order valence-electron chi connectivity index (χ4n) is 3.13. The summed E-state index contributed by atoms with van der Waals surface area (Å²) < 4.78 is 64.8. The van der Waals surface area contributed by atoms with E-state index in [4.69, 9.17) is 9.47 Å². The Labute approximate surface area is 172 Å². The minimum Gasteiger partial charge on any atom is -0.485 e. The molecule has 0 aliphatic carbocycles. The zero-order chi connectivity index (χ0) is 20.6. The maximum Gasteiger partial charge on any atom is 0.279 e. The number of sulfonamides is 2. The first-order valence-corrected chi connectivity index (χ1v) is 12.6. The highest BCUT2D eigenvalue weighted by atomic mass is 32.2. The molecule has 1 aromatic carbocycles. The minimum absolute atomic E-state index is 0.0733. The van der Waals surface area contributed by atoms with Gasteiger partial charge < -0.3 is 9.47 Å². The van der Waals surface area contributed by atoms with Crippen molar-refractivity contribution in [1.82, 2.24) is 9.03 Å². The van der Waals surface area contributed by atoms with E-state index in [0.29, 0.717) is 25.4 Å². The van der Waals surface area contributed by atoms with Gasteiger partial charge in [0.25, 0.3) is 15.9 Å². The Morgan fingerprint density at radius 2 is 1.72 bits per heavy atom. The number of fused-ring (bicyclic) bond motifs is 1. The first-order chi connectivity index (χ1) is 13.8. The van der Waals surface area contributed by atoms with Crippen LogP contribution in [0.25, 0.3) is 0 Å². The van der Waals surface area contributed by atoms with Crippen LogP contribution >= 0.6 is 11.3 Å². The van der Waals surface area contributed by atoms with E-state index in [-0.39, 0.29) is 27.0 Å². The van der Waals surface area contributed by atoms with Crippen molar-refractivity contribution >= 4 is 37.3 Å². The van der Waals surface area contributed by atoms with E-state index in [9.17, 15) is 21.6 Å². The lowest BCUT2D eigenvalue weighted by Gasteiger charge is -2.16. The topological polar surface area (TPSA) is 119 Å². The van der Waals surface area contributed by atoms with Crippen LogP contribution in [-0.4, -0.2) is 53.4 Å². The maximum atomic E-state index is 12.7. The van der Waals surface area contributed by atoms with Gasteiger partial charge in [-0.05, 0) is 31.0 Å². The second kappa shape index (κ2) is 7.59. The Hall–Kier alpha value is -2.15. The third kappa shape index (κ3) is 3.84. The molecule has 0 spiro atoms. The number of ether oxygens (including phenoxy) is 2. The van der Waals surface area contributed by atoms with E-state index in [0.717, 1.165) is 30.2 Å². The predicted octanol–water partition coefficient (Wildman–Crippen LogP) is 1.42. The average Bonchev–Trinajstić information content (AvgIpc) is 3.38. The summed E-state index contributed by atoms with van der Waals surface area (Å²) in [6.07, 6.45) is 1.54. The van der Waals surface area contributed by atoms with Crippen LogP contribution in [0.4, 0.5) is 0 Å². The molecule has 4 rings (SSSR count). The molecule has 2 aromatic rings. The number of carbonyl (C=O) groups is 1. The molecule has 0 unspecified atom stereocenters. The molecule has 2 aliphatic heterocycles. The van der Waals surface area contributed by atoms with Gasteiger partial charge in [-0.25, -0.2) is 21.6 Å². The van der Waals surface area contributed by atoms with Crippen LogP contribution in [0, 0.1) is 0 Å². The molecule has 1 amide bonds. The highest BCUT2D eigenvalue weighted by Gasteiger charge is 2.30. The van der Waals surface area contributed by atoms with Crippen molar-refractivity contribution in [2.45, 2.75) is 22.6 Å². The minimum atomic E-state index is -4.29. The summed E-state index contributed by atoms with van der Waals surface area (Å²) in [5.41, 5.74) is 0. The quantitative estimate of drug-likeness (QED) is 0.720. The van der Waals surface area contributed by atoms with Gasteiger partial charge in [-0.15, -0.1) is 11.3 Å². The first-order valence-electron chi connectivity index (χ1n) is 8.83. The third-order valence-electron chi connectivity index (χ3n) is 4.55.